The van der Waals surface area contributed by atoms with Gasteiger partial charge in [0.05, 0.1) is 5.57 Å². The smallest absolute Gasteiger partial charge is 0.336 e. The van der Waals surface area contributed by atoms with E-state index in [4.69, 9.17) is 9.84 Å². The van der Waals surface area contributed by atoms with Crippen LogP contribution in [-0.2, 0) is 14.3 Å². The summed E-state index contributed by atoms with van der Waals surface area (Å²) in [6.07, 6.45) is 1.52. The molecular weight excluding hydrogens is 250 g/mol. The molecule has 0 aromatic heterocycles. The molecule has 1 rings (SSSR count). The van der Waals surface area contributed by atoms with Crippen LogP contribution >= 0.6 is 0 Å². The van der Waals surface area contributed by atoms with Gasteiger partial charge in [-0.05, 0) is 39.8 Å². The first kappa shape index (κ1) is 15.2. The van der Waals surface area contributed by atoms with Gasteiger partial charge < -0.3 is 19.8 Å². The highest BCUT2D eigenvalue weighted by Gasteiger charge is 2.30. The number of hydrogen-bond donors (Lipinski definition) is 2. The van der Waals surface area contributed by atoms with E-state index in [1.165, 1.54) is 11.0 Å². The van der Waals surface area contributed by atoms with E-state index < -0.39 is 23.8 Å². The minimum Gasteiger partial charge on any atom is -0.478 e. The summed E-state index contributed by atoms with van der Waals surface area (Å²) in [5.41, 5.74) is -0.196. The number of carboxylic acids is 1. The van der Waals surface area contributed by atoms with Crippen LogP contribution in [0.15, 0.2) is 23.4 Å². The number of nitrogens with zero attached hydrogens (tertiary/aromatic N) is 1. The summed E-state index contributed by atoms with van der Waals surface area (Å²) in [6.45, 7) is 6.70. The summed E-state index contributed by atoms with van der Waals surface area (Å²) in [5, 5.41) is 18.9. The van der Waals surface area contributed by atoms with Gasteiger partial charge in [0.15, 0.2) is 6.23 Å². The van der Waals surface area contributed by atoms with Crippen LogP contribution in [0.3, 0.4) is 0 Å². The van der Waals surface area contributed by atoms with E-state index in [0.29, 0.717) is 5.70 Å². The molecule has 1 unspecified atom stereocenters. The molecule has 0 saturated heterocycles. The average Bonchev–Trinajstić information content (AvgIpc) is 2.21. The third kappa shape index (κ3) is 4.10. The normalized spacial score (nSPS) is 19.6. The fourth-order valence-corrected chi connectivity index (χ4v) is 1.66. The van der Waals surface area contributed by atoms with E-state index in [-0.39, 0.29) is 12.1 Å². The lowest BCUT2D eigenvalue weighted by molar-refractivity contribution is -0.158. The number of rotatable bonds is 3. The van der Waals surface area contributed by atoms with Crippen LogP contribution in [0, 0.1) is 0 Å². The predicted molar refractivity (Wildman–Crippen MR) is 68.0 cm³/mol. The van der Waals surface area contributed by atoms with Gasteiger partial charge in [-0.25, -0.2) is 4.79 Å². The van der Waals surface area contributed by atoms with E-state index in [1.807, 2.05) is 0 Å². The Morgan fingerprint density at radius 2 is 1.95 bits per heavy atom. The van der Waals surface area contributed by atoms with Crippen molar-refractivity contribution in [3.8, 4) is 0 Å². The standard InChI is InChI=1S/C13H19NO5/c1-8-5-6-9(12(17)18)11(16)14(8)7-10(15)19-13(2,3)4/h5-6,11,16H,7H2,1-4H3,(H,17,18). The van der Waals surface area contributed by atoms with E-state index in [2.05, 4.69) is 0 Å². The average molecular weight is 269 g/mol. The third-order valence-electron chi connectivity index (χ3n) is 2.50. The number of aliphatic hydroxyl groups is 1. The molecule has 1 heterocycles. The molecule has 1 aliphatic rings. The van der Waals surface area contributed by atoms with Gasteiger partial charge in [0.25, 0.3) is 0 Å². The van der Waals surface area contributed by atoms with Crippen LogP contribution in [0.1, 0.15) is 27.7 Å². The molecule has 0 aromatic rings. The Morgan fingerprint density at radius 1 is 1.37 bits per heavy atom. The Morgan fingerprint density at radius 3 is 2.42 bits per heavy atom. The van der Waals surface area contributed by atoms with E-state index >= 15 is 0 Å². The molecule has 0 aromatic carbocycles. The first-order chi connectivity index (χ1) is 8.61. The molecular formula is C13H19NO5. The summed E-state index contributed by atoms with van der Waals surface area (Å²) in [5.74, 6) is -1.74. The monoisotopic (exact) mass is 269 g/mol. The van der Waals surface area contributed by atoms with Crippen molar-refractivity contribution in [1.82, 2.24) is 4.90 Å². The molecule has 0 radical (unpaired) electrons. The minimum absolute atomic E-state index is 0.172. The zero-order valence-electron chi connectivity index (χ0n) is 11.5. The first-order valence-electron chi connectivity index (χ1n) is 5.90. The second-order valence-corrected chi connectivity index (χ2v) is 5.32. The maximum atomic E-state index is 11.7. The maximum Gasteiger partial charge on any atom is 0.336 e. The quantitative estimate of drug-likeness (QED) is 0.739. The lowest BCUT2D eigenvalue weighted by Gasteiger charge is -2.33. The second-order valence-electron chi connectivity index (χ2n) is 5.32. The Balaban J connectivity index is 2.79. The van der Waals surface area contributed by atoms with Crippen molar-refractivity contribution in [2.24, 2.45) is 0 Å². The zero-order chi connectivity index (χ0) is 14.8. The Labute approximate surface area is 112 Å². The van der Waals surface area contributed by atoms with Crippen LogP contribution in [0.4, 0.5) is 0 Å². The Kier molecular flexibility index (Phi) is 4.36. The molecule has 6 heteroatoms. The van der Waals surface area contributed by atoms with Crippen LogP contribution < -0.4 is 0 Å². The van der Waals surface area contributed by atoms with Gasteiger partial charge in [0.2, 0.25) is 0 Å². The van der Waals surface area contributed by atoms with Gasteiger partial charge in [-0.3, -0.25) is 4.79 Å². The van der Waals surface area contributed by atoms with Crippen LogP contribution in [0.25, 0.3) is 0 Å². The third-order valence-corrected chi connectivity index (χ3v) is 2.50. The molecule has 19 heavy (non-hydrogen) atoms. The first-order valence-corrected chi connectivity index (χ1v) is 5.90. The molecule has 0 saturated carbocycles. The number of allylic oxidation sites excluding steroid dienone is 3. The predicted octanol–water partition coefficient (Wildman–Crippen LogP) is 0.877. The molecule has 0 spiro atoms. The van der Waals surface area contributed by atoms with E-state index in [9.17, 15) is 14.7 Å². The van der Waals surface area contributed by atoms with Crippen molar-refractivity contribution in [3.63, 3.8) is 0 Å². The van der Waals surface area contributed by atoms with Crippen molar-refractivity contribution in [3.05, 3.63) is 23.4 Å². The van der Waals surface area contributed by atoms with E-state index in [1.54, 1.807) is 33.8 Å². The summed E-state index contributed by atoms with van der Waals surface area (Å²) < 4.78 is 5.15. The Hall–Kier alpha value is -1.82. The second kappa shape index (κ2) is 5.44. The Bertz CT molecular complexity index is 444. The SMILES string of the molecule is CC1=CC=C(C(=O)O)C(O)N1CC(=O)OC(C)(C)C. The number of aliphatic hydroxyl groups excluding tert-OH is 1. The molecule has 6 nitrogen and oxygen atoms in total. The van der Waals surface area contributed by atoms with Gasteiger partial charge in [-0.2, -0.15) is 0 Å². The lowest BCUT2D eigenvalue weighted by Crippen LogP contribution is -2.43. The number of hydrogen-bond acceptors (Lipinski definition) is 5. The van der Waals surface area contributed by atoms with Gasteiger partial charge >= 0.3 is 11.9 Å². The van der Waals surface area contributed by atoms with Crippen molar-refractivity contribution in [1.29, 1.82) is 0 Å². The highest BCUT2D eigenvalue weighted by molar-refractivity contribution is 5.88. The van der Waals surface area contributed by atoms with Crippen LogP contribution in [0.5, 0.6) is 0 Å². The molecule has 106 valence electrons. The summed E-state index contributed by atoms with van der Waals surface area (Å²) in [4.78, 5) is 23.9. The number of carbonyl (C=O) groups excluding carboxylic acids is 1. The van der Waals surface area contributed by atoms with Crippen molar-refractivity contribution in [2.75, 3.05) is 6.54 Å². The molecule has 1 aliphatic heterocycles. The highest BCUT2D eigenvalue weighted by atomic mass is 16.6. The van der Waals surface area contributed by atoms with Crippen molar-refractivity contribution >= 4 is 11.9 Å². The van der Waals surface area contributed by atoms with Gasteiger partial charge in [0.1, 0.15) is 12.1 Å². The fourth-order valence-electron chi connectivity index (χ4n) is 1.66. The van der Waals surface area contributed by atoms with E-state index in [0.717, 1.165) is 0 Å². The number of aliphatic carboxylic acids is 1. The summed E-state index contributed by atoms with van der Waals surface area (Å²) in [6, 6.07) is 0. The molecule has 1 atom stereocenters. The molecule has 0 aliphatic carbocycles. The number of ether oxygens (including phenoxy) is 1. The number of carbonyl (C=O) groups is 2. The topological polar surface area (TPSA) is 87.1 Å². The molecule has 0 fully saturated rings. The highest BCUT2D eigenvalue weighted by Crippen LogP contribution is 2.20. The maximum absolute atomic E-state index is 11.7. The van der Waals surface area contributed by atoms with Gasteiger partial charge in [-0.1, -0.05) is 0 Å². The molecule has 0 amide bonds. The molecule has 2 N–H and O–H groups in total. The van der Waals surface area contributed by atoms with Gasteiger partial charge in [0, 0.05) is 5.70 Å². The lowest BCUT2D eigenvalue weighted by atomic mass is 10.1. The number of esters is 1. The van der Waals surface area contributed by atoms with Crippen LogP contribution in [0.2, 0.25) is 0 Å². The summed E-state index contributed by atoms with van der Waals surface area (Å²) >= 11 is 0. The van der Waals surface area contributed by atoms with Crippen molar-refractivity contribution < 1.29 is 24.5 Å². The zero-order valence-corrected chi connectivity index (χ0v) is 11.5. The number of carboxylic acid groups (broad SMARTS) is 1. The van der Waals surface area contributed by atoms with Crippen LogP contribution in [-0.4, -0.2) is 45.4 Å². The van der Waals surface area contributed by atoms with Crippen molar-refractivity contribution in [2.45, 2.75) is 39.5 Å². The molecule has 0 bridgehead atoms. The largest absolute Gasteiger partial charge is 0.478 e. The minimum atomic E-state index is -1.35. The summed E-state index contributed by atoms with van der Waals surface area (Å²) in [7, 11) is 0. The van der Waals surface area contributed by atoms with Gasteiger partial charge in [-0.15, -0.1) is 0 Å². The fraction of sp³-hybridized carbons (Fsp3) is 0.538.